The summed E-state index contributed by atoms with van der Waals surface area (Å²) in [7, 11) is 0. The molecule has 0 amide bonds. The molecule has 16 heavy (non-hydrogen) atoms. The highest BCUT2D eigenvalue weighted by atomic mass is 79.9. The molecule has 0 radical (unpaired) electrons. The van der Waals surface area contributed by atoms with Crippen LogP contribution in [0.1, 0.15) is 5.56 Å². The normalized spacial score (nSPS) is 10.1. The Kier molecular flexibility index (Phi) is 3.51. The van der Waals surface area contributed by atoms with Gasteiger partial charge >= 0.3 is 0 Å². The minimum atomic E-state index is -0.334. The van der Waals surface area contributed by atoms with Crippen molar-refractivity contribution in [1.29, 1.82) is 0 Å². The van der Waals surface area contributed by atoms with Gasteiger partial charge in [-0.25, -0.2) is 9.37 Å². The zero-order valence-electron chi connectivity index (χ0n) is 8.45. The molecule has 0 atom stereocenters. The van der Waals surface area contributed by atoms with Crippen LogP contribution in [-0.4, -0.2) is 4.98 Å². The lowest BCUT2D eigenvalue weighted by molar-refractivity contribution is 0.624. The Balaban J connectivity index is 2.02. The Morgan fingerprint density at radius 1 is 1.19 bits per heavy atom. The fraction of sp³-hybridized carbons (Fsp3) is 0.0833. The van der Waals surface area contributed by atoms with Crippen LogP contribution in [0, 0.1) is 5.82 Å². The number of hydrogen-bond donors (Lipinski definition) is 1. The van der Waals surface area contributed by atoms with Crippen LogP contribution in [0.2, 0.25) is 0 Å². The molecular weight excluding hydrogens is 271 g/mol. The quantitative estimate of drug-likeness (QED) is 0.929. The van der Waals surface area contributed by atoms with Gasteiger partial charge in [-0.1, -0.05) is 28.1 Å². The first-order valence-electron chi connectivity index (χ1n) is 4.84. The number of rotatable bonds is 3. The predicted molar refractivity (Wildman–Crippen MR) is 65.7 cm³/mol. The summed E-state index contributed by atoms with van der Waals surface area (Å²) < 4.78 is 14.3. The van der Waals surface area contributed by atoms with Gasteiger partial charge in [0.05, 0.1) is 0 Å². The summed E-state index contributed by atoms with van der Waals surface area (Å²) in [6, 6.07) is 10.8. The third-order valence-electron chi connectivity index (χ3n) is 2.13. The molecule has 1 aromatic carbocycles. The summed E-state index contributed by atoms with van der Waals surface area (Å²) in [5.41, 5.74) is 1.08. The van der Waals surface area contributed by atoms with Gasteiger partial charge in [0.1, 0.15) is 0 Å². The van der Waals surface area contributed by atoms with E-state index in [2.05, 4.69) is 26.2 Å². The maximum atomic E-state index is 13.2. The highest BCUT2D eigenvalue weighted by Crippen LogP contribution is 2.13. The van der Waals surface area contributed by atoms with Crippen LogP contribution in [0.25, 0.3) is 0 Å². The minimum absolute atomic E-state index is 0.283. The Bertz CT molecular complexity index is 471. The van der Waals surface area contributed by atoms with E-state index in [0.717, 1.165) is 10.0 Å². The van der Waals surface area contributed by atoms with E-state index in [0.29, 0.717) is 6.54 Å². The van der Waals surface area contributed by atoms with Gasteiger partial charge in [-0.3, -0.25) is 0 Å². The van der Waals surface area contributed by atoms with E-state index in [-0.39, 0.29) is 11.6 Å². The van der Waals surface area contributed by atoms with Gasteiger partial charge < -0.3 is 5.32 Å². The second kappa shape index (κ2) is 5.07. The fourth-order valence-corrected chi connectivity index (χ4v) is 1.57. The smallest absolute Gasteiger partial charge is 0.165 e. The Morgan fingerprint density at radius 2 is 1.94 bits per heavy atom. The number of hydrogen-bond acceptors (Lipinski definition) is 2. The highest BCUT2D eigenvalue weighted by Gasteiger charge is 2.00. The van der Waals surface area contributed by atoms with E-state index in [9.17, 15) is 4.39 Å². The van der Waals surface area contributed by atoms with E-state index in [1.165, 1.54) is 6.07 Å². The first kappa shape index (κ1) is 11.1. The predicted octanol–water partition coefficient (Wildman–Crippen LogP) is 3.60. The molecule has 1 N–H and O–H groups in total. The number of nitrogens with zero attached hydrogens (tertiary/aromatic N) is 1. The maximum Gasteiger partial charge on any atom is 0.165 e. The molecular formula is C12H10BrFN2. The molecule has 2 nitrogen and oxygen atoms in total. The van der Waals surface area contributed by atoms with Crippen molar-refractivity contribution in [2.45, 2.75) is 6.54 Å². The molecule has 0 bridgehead atoms. The molecule has 0 fully saturated rings. The Hall–Kier alpha value is -1.42. The SMILES string of the molecule is Fc1cccnc1NCc1ccc(Br)cc1. The molecule has 4 heteroatoms. The molecule has 0 spiro atoms. The van der Waals surface area contributed by atoms with Crippen LogP contribution in [0.3, 0.4) is 0 Å². The molecule has 1 heterocycles. The summed E-state index contributed by atoms with van der Waals surface area (Å²) in [4.78, 5) is 3.92. The number of pyridine rings is 1. The van der Waals surface area contributed by atoms with Crippen LogP contribution in [0.15, 0.2) is 47.1 Å². The van der Waals surface area contributed by atoms with Crippen molar-refractivity contribution >= 4 is 21.7 Å². The second-order valence-corrected chi connectivity index (χ2v) is 4.23. The zero-order chi connectivity index (χ0) is 11.4. The van der Waals surface area contributed by atoms with E-state index in [1.807, 2.05) is 24.3 Å². The molecule has 0 aliphatic carbocycles. The van der Waals surface area contributed by atoms with E-state index < -0.39 is 0 Å². The summed E-state index contributed by atoms with van der Waals surface area (Å²) >= 11 is 3.36. The van der Waals surface area contributed by atoms with Crippen molar-refractivity contribution in [1.82, 2.24) is 4.98 Å². The van der Waals surface area contributed by atoms with Crippen molar-refractivity contribution in [3.8, 4) is 0 Å². The van der Waals surface area contributed by atoms with E-state index in [4.69, 9.17) is 0 Å². The van der Waals surface area contributed by atoms with Gasteiger partial charge in [0.25, 0.3) is 0 Å². The van der Waals surface area contributed by atoms with Gasteiger partial charge in [-0.2, -0.15) is 0 Å². The molecule has 0 unspecified atom stereocenters. The van der Waals surface area contributed by atoms with Crippen molar-refractivity contribution in [3.05, 3.63) is 58.4 Å². The van der Waals surface area contributed by atoms with Crippen molar-refractivity contribution in [2.75, 3.05) is 5.32 Å². The van der Waals surface area contributed by atoms with Gasteiger partial charge in [0.15, 0.2) is 11.6 Å². The number of benzene rings is 1. The molecule has 0 saturated heterocycles. The molecule has 0 aliphatic rings. The molecule has 0 saturated carbocycles. The third-order valence-corrected chi connectivity index (χ3v) is 2.66. The van der Waals surface area contributed by atoms with E-state index in [1.54, 1.807) is 12.3 Å². The molecule has 0 aliphatic heterocycles. The molecule has 1 aromatic heterocycles. The number of halogens is 2. The number of anilines is 1. The maximum absolute atomic E-state index is 13.2. The summed E-state index contributed by atoms with van der Waals surface area (Å²) in [5.74, 6) is -0.0509. The number of nitrogens with one attached hydrogen (secondary N) is 1. The largest absolute Gasteiger partial charge is 0.364 e. The fourth-order valence-electron chi connectivity index (χ4n) is 1.30. The summed E-state index contributed by atoms with van der Waals surface area (Å²) in [6.07, 6.45) is 1.56. The zero-order valence-corrected chi connectivity index (χ0v) is 10.0. The van der Waals surface area contributed by atoms with Crippen molar-refractivity contribution in [3.63, 3.8) is 0 Å². The van der Waals surface area contributed by atoms with Gasteiger partial charge in [-0.05, 0) is 29.8 Å². The van der Waals surface area contributed by atoms with Gasteiger partial charge in [-0.15, -0.1) is 0 Å². The first-order chi connectivity index (χ1) is 7.75. The monoisotopic (exact) mass is 280 g/mol. The van der Waals surface area contributed by atoms with Crippen LogP contribution in [0.5, 0.6) is 0 Å². The topological polar surface area (TPSA) is 24.9 Å². The molecule has 2 aromatic rings. The van der Waals surface area contributed by atoms with Crippen molar-refractivity contribution < 1.29 is 4.39 Å². The average Bonchev–Trinajstić information content (AvgIpc) is 2.30. The second-order valence-electron chi connectivity index (χ2n) is 3.31. The Labute approximate surface area is 102 Å². The first-order valence-corrected chi connectivity index (χ1v) is 5.64. The number of aromatic nitrogens is 1. The van der Waals surface area contributed by atoms with Gasteiger partial charge in [0, 0.05) is 17.2 Å². The lowest BCUT2D eigenvalue weighted by Crippen LogP contribution is -2.02. The van der Waals surface area contributed by atoms with Crippen LogP contribution >= 0.6 is 15.9 Å². The standard InChI is InChI=1S/C12H10BrFN2/c13-10-5-3-9(4-6-10)8-16-12-11(14)2-1-7-15-12/h1-7H,8H2,(H,15,16). The summed E-state index contributed by atoms with van der Waals surface area (Å²) in [5, 5.41) is 2.95. The van der Waals surface area contributed by atoms with Gasteiger partial charge in [0.2, 0.25) is 0 Å². The molecule has 2 rings (SSSR count). The Morgan fingerprint density at radius 3 is 2.62 bits per heavy atom. The molecule has 82 valence electrons. The lowest BCUT2D eigenvalue weighted by Gasteiger charge is -2.06. The van der Waals surface area contributed by atoms with Crippen LogP contribution in [0.4, 0.5) is 10.2 Å². The third kappa shape index (κ3) is 2.79. The highest BCUT2D eigenvalue weighted by molar-refractivity contribution is 9.10. The van der Waals surface area contributed by atoms with Crippen LogP contribution in [-0.2, 0) is 6.54 Å². The minimum Gasteiger partial charge on any atom is -0.364 e. The average molecular weight is 281 g/mol. The lowest BCUT2D eigenvalue weighted by atomic mass is 10.2. The van der Waals surface area contributed by atoms with E-state index >= 15 is 0 Å². The van der Waals surface area contributed by atoms with Crippen LogP contribution < -0.4 is 5.32 Å². The summed E-state index contributed by atoms with van der Waals surface area (Å²) in [6.45, 7) is 0.557. The van der Waals surface area contributed by atoms with Crippen molar-refractivity contribution in [2.24, 2.45) is 0 Å².